The number of aliphatic hydroxyl groups excluding tert-OH is 2. The van der Waals surface area contributed by atoms with Gasteiger partial charge in [-0.25, -0.2) is 0 Å². The van der Waals surface area contributed by atoms with Crippen LogP contribution in [0.15, 0.2) is 0 Å². The highest BCUT2D eigenvalue weighted by Crippen LogP contribution is 2.33. The number of hydrogen-bond donors (Lipinski definition) is 4. The SMILES string of the molecule is CC(=O)NC[C@H]1O[C@H](O[C@H]2O[C@H](CNC(C)=O)[C@@H](O)[C@H](OC(C)=O)[C@H]2OC(C)=O)[C@H](OC(C)=O)[C@@H](OC(C)=O)[C@@H]1O.O.O. The molecule has 0 radical (unpaired) electrons. The molecule has 43 heavy (non-hydrogen) atoms. The lowest BCUT2D eigenvalue weighted by molar-refractivity contribution is -0.373. The Morgan fingerprint density at radius 3 is 1.09 bits per heavy atom. The second-order valence-corrected chi connectivity index (χ2v) is 9.37. The van der Waals surface area contributed by atoms with Crippen LogP contribution in [0.1, 0.15) is 41.5 Å². The fourth-order valence-corrected chi connectivity index (χ4v) is 4.24. The molecule has 19 heteroatoms. The summed E-state index contributed by atoms with van der Waals surface area (Å²) >= 11 is 0. The van der Waals surface area contributed by atoms with E-state index in [0.29, 0.717) is 0 Å². The molecule has 10 atom stereocenters. The van der Waals surface area contributed by atoms with E-state index in [0.717, 1.165) is 27.7 Å². The lowest BCUT2D eigenvalue weighted by Gasteiger charge is -2.47. The molecule has 0 saturated carbocycles. The number of esters is 4. The van der Waals surface area contributed by atoms with Crippen molar-refractivity contribution >= 4 is 35.7 Å². The second-order valence-electron chi connectivity index (χ2n) is 9.37. The molecule has 0 aromatic rings. The smallest absolute Gasteiger partial charge is 0.303 e. The van der Waals surface area contributed by atoms with Gasteiger partial charge >= 0.3 is 23.9 Å². The first-order chi connectivity index (χ1) is 19.1. The first kappa shape index (κ1) is 39.5. The summed E-state index contributed by atoms with van der Waals surface area (Å²) in [4.78, 5) is 70.7. The average Bonchev–Trinajstić information content (AvgIpc) is 2.83. The molecule has 19 nitrogen and oxygen atoms in total. The molecule has 2 fully saturated rings. The highest BCUT2D eigenvalue weighted by atomic mass is 16.8. The van der Waals surface area contributed by atoms with Gasteiger partial charge in [0.1, 0.15) is 24.4 Å². The van der Waals surface area contributed by atoms with Gasteiger partial charge < -0.3 is 65.0 Å². The Hall–Kier alpha value is -3.46. The van der Waals surface area contributed by atoms with Crippen molar-refractivity contribution in [1.82, 2.24) is 10.6 Å². The van der Waals surface area contributed by atoms with Crippen molar-refractivity contribution < 1.29 is 83.1 Å². The van der Waals surface area contributed by atoms with E-state index in [4.69, 9.17) is 33.2 Å². The van der Waals surface area contributed by atoms with Crippen molar-refractivity contribution in [2.45, 2.75) is 103 Å². The Morgan fingerprint density at radius 2 is 0.837 bits per heavy atom. The Balaban J connectivity index is 0.00000882. The van der Waals surface area contributed by atoms with Crippen LogP contribution in [-0.2, 0) is 61.9 Å². The van der Waals surface area contributed by atoms with E-state index in [1.54, 1.807) is 0 Å². The molecule has 248 valence electrons. The Bertz CT molecular complexity index is 917. The molecule has 2 rings (SSSR count). The number of hydrogen-bond acceptors (Lipinski definition) is 15. The number of nitrogens with one attached hydrogen (secondary N) is 2. The summed E-state index contributed by atoms with van der Waals surface area (Å²) in [5.41, 5.74) is 0. The third-order valence-electron chi connectivity index (χ3n) is 5.82. The summed E-state index contributed by atoms with van der Waals surface area (Å²) < 4.78 is 38.5. The summed E-state index contributed by atoms with van der Waals surface area (Å²) in [5, 5.41) is 26.6. The third kappa shape index (κ3) is 11.6. The van der Waals surface area contributed by atoms with Crippen molar-refractivity contribution in [3.63, 3.8) is 0 Å². The van der Waals surface area contributed by atoms with Gasteiger partial charge in [-0.2, -0.15) is 0 Å². The van der Waals surface area contributed by atoms with Crippen LogP contribution >= 0.6 is 0 Å². The quantitative estimate of drug-likeness (QED) is 0.131. The Labute approximate surface area is 246 Å². The summed E-state index contributed by atoms with van der Waals surface area (Å²) in [6, 6.07) is 0. The van der Waals surface area contributed by atoms with E-state index in [9.17, 15) is 39.0 Å². The number of aliphatic hydroxyl groups is 2. The van der Waals surface area contributed by atoms with Gasteiger partial charge in [0.25, 0.3) is 0 Å². The zero-order valence-electron chi connectivity index (χ0n) is 24.4. The lowest BCUT2D eigenvalue weighted by atomic mass is 9.96. The minimum atomic E-state index is -1.71. The molecule has 0 spiro atoms. The van der Waals surface area contributed by atoms with Crippen molar-refractivity contribution in [1.29, 1.82) is 0 Å². The minimum Gasteiger partial charge on any atom is -0.455 e. The fourth-order valence-electron chi connectivity index (χ4n) is 4.24. The van der Waals surface area contributed by atoms with Crippen molar-refractivity contribution in [3.05, 3.63) is 0 Å². The van der Waals surface area contributed by atoms with Crippen LogP contribution in [0.3, 0.4) is 0 Å². The Kier molecular flexibility index (Phi) is 16.2. The molecule has 2 aliphatic heterocycles. The van der Waals surface area contributed by atoms with Crippen LogP contribution in [-0.4, -0.2) is 131 Å². The zero-order valence-corrected chi connectivity index (χ0v) is 24.4. The van der Waals surface area contributed by atoms with Crippen LogP contribution in [0.5, 0.6) is 0 Å². The normalized spacial score (nSPS) is 31.5. The standard InChI is InChI=1S/C24H36N2O15.2H2O/c1-9(27)25-7-15-17(33)19(35-11(3)29)21(37-13(5)31)23(39-15)41-24-22(38-14(6)32)20(36-12(4)30)18(34)16(40-24)8-26-10(2)28;;/h15-24,33-34H,7-8H2,1-6H3,(H,25,27)(H,26,28);2*1H2/t15-,16-,17-,18-,19+,20+,21-,22-,23-,24-;;/m1../s1. The van der Waals surface area contributed by atoms with Crippen LogP contribution < -0.4 is 10.6 Å². The maximum absolute atomic E-state index is 12.0. The van der Waals surface area contributed by atoms with Gasteiger partial charge in [0, 0.05) is 54.6 Å². The number of carbonyl (C=O) groups is 6. The number of amides is 2. The fraction of sp³-hybridized carbons (Fsp3) is 0.750. The van der Waals surface area contributed by atoms with Crippen LogP contribution in [0, 0.1) is 0 Å². The van der Waals surface area contributed by atoms with Crippen molar-refractivity contribution in [3.8, 4) is 0 Å². The predicted molar refractivity (Wildman–Crippen MR) is 137 cm³/mol. The van der Waals surface area contributed by atoms with Gasteiger partial charge in [-0.15, -0.1) is 0 Å². The average molecular weight is 629 g/mol. The highest BCUT2D eigenvalue weighted by molar-refractivity contribution is 5.73. The van der Waals surface area contributed by atoms with Crippen LogP contribution in [0.4, 0.5) is 0 Å². The molecule has 0 aromatic heterocycles. The maximum atomic E-state index is 12.0. The van der Waals surface area contributed by atoms with E-state index in [-0.39, 0.29) is 24.0 Å². The van der Waals surface area contributed by atoms with Crippen LogP contribution in [0.25, 0.3) is 0 Å². The third-order valence-corrected chi connectivity index (χ3v) is 5.82. The molecule has 0 aromatic carbocycles. The van der Waals surface area contributed by atoms with Crippen molar-refractivity contribution in [2.75, 3.05) is 13.1 Å². The van der Waals surface area contributed by atoms with Gasteiger partial charge in [-0.1, -0.05) is 0 Å². The summed E-state index contributed by atoms with van der Waals surface area (Å²) in [6.45, 7) is 6.00. The van der Waals surface area contributed by atoms with Gasteiger partial charge in [-0.3, -0.25) is 28.8 Å². The number of carbonyl (C=O) groups excluding carboxylic acids is 6. The first-order valence-corrected chi connectivity index (χ1v) is 12.6. The number of ether oxygens (including phenoxy) is 7. The Morgan fingerprint density at radius 1 is 0.558 bits per heavy atom. The molecule has 0 bridgehead atoms. The van der Waals surface area contributed by atoms with E-state index < -0.39 is 97.1 Å². The molecule has 0 aliphatic carbocycles. The van der Waals surface area contributed by atoms with Gasteiger partial charge in [-0.05, 0) is 0 Å². The van der Waals surface area contributed by atoms with E-state index in [1.807, 2.05) is 0 Å². The zero-order chi connectivity index (χ0) is 31.0. The summed E-state index contributed by atoms with van der Waals surface area (Å²) in [7, 11) is 0. The molecule has 2 heterocycles. The molecule has 2 amide bonds. The number of rotatable bonds is 10. The molecule has 2 aliphatic rings. The van der Waals surface area contributed by atoms with Gasteiger partial charge in [0.05, 0.1) is 0 Å². The predicted octanol–water partition coefficient (Wildman–Crippen LogP) is -4.48. The lowest BCUT2D eigenvalue weighted by Crippen LogP contribution is -2.66. The van der Waals surface area contributed by atoms with Gasteiger partial charge in [0.2, 0.25) is 24.4 Å². The van der Waals surface area contributed by atoms with Crippen molar-refractivity contribution in [2.24, 2.45) is 0 Å². The monoisotopic (exact) mass is 628 g/mol. The van der Waals surface area contributed by atoms with Gasteiger partial charge in [0.15, 0.2) is 24.4 Å². The van der Waals surface area contributed by atoms with E-state index in [1.165, 1.54) is 13.8 Å². The molecule has 2 saturated heterocycles. The largest absolute Gasteiger partial charge is 0.455 e. The maximum Gasteiger partial charge on any atom is 0.303 e. The molecule has 8 N–H and O–H groups in total. The molecular formula is C24H40N2O17. The first-order valence-electron chi connectivity index (χ1n) is 12.6. The second kappa shape index (κ2) is 17.6. The summed E-state index contributed by atoms with van der Waals surface area (Å²) in [5.74, 6) is -4.43. The van der Waals surface area contributed by atoms with Crippen LogP contribution in [0.2, 0.25) is 0 Å². The molecular weight excluding hydrogens is 588 g/mol. The topological polar surface area (TPSA) is 295 Å². The van der Waals surface area contributed by atoms with E-state index in [2.05, 4.69) is 10.6 Å². The minimum absolute atomic E-state index is 0. The molecule has 0 unspecified atom stereocenters. The summed E-state index contributed by atoms with van der Waals surface area (Å²) in [6.07, 6.45) is -15.6. The highest BCUT2D eigenvalue weighted by Gasteiger charge is 2.55. The van der Waals surface area contributed by atoms with E-state index >= 15 is 0 Å².